The van der Waals surface area contributed by atoms with Crippen molar-refractivity contribution in [3.63, 3.8) is 0 Å². The minimum atomic E-state index is -0.425. The second kappa shape index (κ2) is 5.61. The first-order chi connectivity index (χ1) is 4.70. The van der Waals surface area contributed by atoms with E-state index in [4.69, 9.17) is 15.4 Å². The molecule has 0 heterocycles. The minimum absolute atomic E-state index is 0.0154. The quantitative estimate of drug-likeness (QED) is 0.392. The van der Waals surface area contributed by atoms with Gasteiger partial charge in [0.2, 0.25) is 0 Å². The molecule has 2 unspecified atom stereocenters. The average Bonchev–Trinajstić information content (AvgIpc) is 1.86. The van der Waals surface area contributed by atoms with Gasteiger partial charge in [0.05, 0.1) is 6.10 Å². The maximum absolute atomic E-state index is 8.86. The van der Waals surface area contributed by atoms with Crippen LogP contribution in [0.4, 0.5) is 0 Å². The van der Waals surface area contributed by atoms with Gasteiger partial charge in [0.15, 0.2) is 0 Å². The van der Waals surface area contributed by atoms with Crippen molar-refractivity contribution in [3.8, 4) is 0 Å². The zero-order chi connectivity index (χ0) is 7.98. The maximum atomic E-state index is 8.86. The van der Waals surface area contributed by atoms with Gasteiger partial charge in [-0.1, -0.05) is 0 Å². The summed E-state index contributed by atoms with van der Waals surface area (Å²) in [6.07, 6.45) is 0.0786. The lowest BCUT2D eigenvalue weighted by molar-refractivity contribution is 0.0901. The number of aliphatic hydroxyl groups is 2. The summed E-state index contributed by atoms with van der Waals surface area (Å²) in [4.78, 5) is 0. The Hall–Kier alpha value is -0.160. The lowest BCUT2D eigenvalue weighted by Gasteiger charge is -2.13. The van der Waals surface area contributed by atoms with Crippen LogP contribution in [0.5, 0.6) is 0 Å². The second-order valence-electron chi connectivity index (χ2n) is 2.50. The standard InChI is InChI=1S/C6H15NO3/c1-5(9)2-6(4-8)3-7-10/h5-10H,2-4H2,1H3. The molecule has 0 rings (SSSR count). The van der Waals surface area contributed by atoms with Gasteiger partial charge < -0.3 is 15.4 Å². The highest BCUT2D eigenvalue weighted by molar-refractivity contribution is 4.61. The van der Waals surface area contributed by atoms with Crippen LogP contribution in [0, 0.1) is 5.92 Å². The van der Waals surface area contributed by atoms with E-state index in [1.54, 1.807) is 6.92 Å². The molecule has 0 aliphatic carbocycles. The molecule has 0 aromatic heterocycles. The smallest absolute Gasteiger partial charge is 0.0516 e. The largest absolute Gasteiger partial charge is 0.396 e. The Morgan fingerprint density at radius 3 is 2.40 bits per heavy atom. The van der Waals surface area contributed by atoms with Gasteiger partial charge in [0.1, 0.15) is 0 Å². The van der Waals surface area contributed by atoms with E-state index in [1.165, 1.54) is 0 Å². The molecule has 0 aliphatic heterocycles. The lowest BCUT2D eigenvalue weighted by Crippen LogP contribution is -2.25. The highest BCUT2D eigenvalue weighted by Crippen LogP contribution is 2.03. The van der Waals surface area contributed by atoms with Crippen LogP contribution in [-0.2, 0) is 0 Å². The van der Waals surface area contributed by atoms with Crippen LogP contribution in [0.1, 0.15) is 13.3 Å². The van der Waals surface area contributed by atoms with Crippen molar-refractivity contribution in [3.05, 3.63) is 0 Å². The van der Waals surface area contributed by atoms with E-state index in [0.29, 0.717) is 13.0 Å². The molecule has 4 N–H and O–H groups in total. The van der Waals surface area contributed by atoms with E-state index in [2.05, 4.69) is 0 Å². The molecule has 10 heavy (non-hydrogen) atoms. The Kier molecular flexibility index (Phi) is 5.52. The molecule has 4 heteroatoms. The number of rotatable bonds is 5. The first-order valence-corrected chi connectivity index (χ1v) is 3.36. The predicted molar refractivity (Wildman–Crippen MR) is 36.7 cm³/mol. The molecule has 0 aromatic carbocycles. The van der Waals surface area contributed by atoms with E-state index in [9.17, 15) is 0 Å². The summed E-state index contributed by atoms with van der Waals surface area (Å²) in [7, 11) is 0. The Bertz CT molecular complexity index is 77.4. The van der Waals surface area contributed by atoms with Crippen molar-refractivity contribution >= 4 is 0 Å². The summed E-state index contributed by atoms with van der Waals surface area (Å²) in [5.41, 5.74) is 1.95. The van der Waals surface area contributed by atoms with Crippen LogP contribution in [0.25, 0.3) is 0 Å². The first kappa shape index (κ1) is 9.84. The highest BCUT2D eigenvalue weighted by atomic mass is 16.5. The molecule has 0 spiro atoms. The molecule has 62 valence electrons. The van der Waals surface area contributed by atoms with Crippen molar-refractivity contribution in [2.24, 2.45) is 5.92 Å². The first-order valence-electron chi connectivity index (χ1n) is 3.36. The zero-order valence-electron chi connectivity index (χ0n) is 6.12. The molecule has 0 radical (unpaired) electrons. The monoisotopic (exact) mass is 149 g/mol. The summed E-state index contributed by atoms with van der Waals surface area (Å²) < 4.78 is 0. The van der Waals surface area contributed by atoms with Gasteiger partial charge in [0.25, 0.3) is 0 Å². The number of hydrogen-bond donors (Lipinski definition) is 4. The Morgan fingerprint density at radius 2 is 2.10 bits per heavy atom. The van der Waals surface area contributed by atoms with Gasteiger partial charge in [-0.25, -0.2) is 5.48 Å². The van der Waals surface area contributed by atoms with Crippen molar-refractivity contribution < 1.29 is 15.4 Å². The fourth-order valence-corrected chi connectivity index (χ4v) is 0.834. The third kappa shape index (κ3) is 4.69. The third-order valence-corrected chi connectivity index (χ3v) is 1.31. The highest BCUT2D eigenvalue weighted by Gasteiger charge is 2.09. The van der Waals surface area contributed by atoms with Crippen LogP contribution >= 0.6 is 0 Å². The fourth-order valence-electron chi connectivity index (χ4n) is 0.834. The molecule has 0 saturated heterocycles. The fraction of sp³-hybridized carbons (Fsp3) is 1.00. The van der Waals surface area contributed by atoms with Crippen LogP contribution in [0.15, 0.2) is 0 Å². The number of aliphatic hydroxyl groups excluding tert-OH is 2. The zero-order valence-corrected chi connectivity index (χ0v) is 6.12. The number of hydrogen-bond acceptors (Lipinski definition) is 4. The molecule has 4 nitrogen and oxygen atoms in total. The summed E-state index contributed by atoms with van der Waals surface area (Å²) >= 11 is 0. The summed E-state index contributed by atoms with van der Waals surface area (Å²) in [6.45, 7) is 1.96. The van der Waals surface area contributed by atoms with Crippen LogP contribution in [0.3, 0.4) is 0 Å². The van der Waals surface area contributed by atoms with E-state index in [1.807, 2.05) is 5.48 Å². The van der Waals surface area contributed by atoms with Crippen molar-refractivity contribution in [1.82, 2.24) is 5.48 Å². The molecule has 0 amide bonds. The third-order valence-electron chi connectivity index (χ3n) is 1.31. The van der Waals surface area contributed by atoms with E-state index < -0.39 is 6.10 Å². The Morgan fingerprint density at radius 1 is 1.50 bits per heavy atom. The summed E-state index contributed by atoms with van der Waals surface area (Å²) in [5, 5.41) is 25.7. The van der Waals surface area contributed by atoms with Gasteiger partial charge in [-0.05, 0) is 19.3 Å². The van der Waals surface area contributed by atoms with Gasteiger partial charge in [-0.15, -0.1) is 0 Å². The van der Waals surface area contributed by atoms with Crippen molar-refractivity contribution in [2.75, 3.05) is 13.2 Å². The van der Waals surface area contributed by atoms with Gasteiger partial charge in [-0.2, -0.15) is 0 Å². The molecule has 0 aromatic rings. The Labute approximate surface area is 60.5 Å². The lowest BCUT2D eigenvalue weighted by atomic mass is 10.0. The summed E-state index contributed by atoms with van der Waals surface area (Å²) in [6, 6.07) is 0. The van der Waals surface area contributed by atoms with Crippen molar-refractivity contribution in [1.29, 1.82) is 0 Å². The molecular weight excluding hydrogens is 134 g/mol. The van der Waals surface area contributed by atoms with Crippen molar-refractivity contribution in [2.45, 2.75) is 19.4 Å². The van der Waals surface area contributed by atoms with Gasteiger partial charge >= 0.3 is 0 Å². The number of hydroxylamine groups is 1. The van der Waals surface area contributed by atoms with Crippen LogP contribution < -0.4 is 5.48 Å². The second-order valence-corrected chi connectivity index (χ2v) is 2.50. The minimum Gasteiger partial charge on any atom is -0.396 e. The number of nitrogens with one attached hydrogen (secondary N) is 1. The molecule has 0 bridgehead atoms. The molecular formula is C6H15NO3. The average molecular weight is 149 g/mol. The normalized spacial score (nSPS) is 16.8. The molecule has 0 fully saturated rings. The predicted octanol–water partition coefficient (Wildman–Crippen LogP) is -0.655. The molecule has 0 aliphatic rings. The molecule has 0 saturated carbocycles. The Balaban J connectivity index is 3.39. The van der Waals surface area contributed by atoms with Gasteiger partial charge in [-0.3, -0.25) is 0 Å². The summed E-state index contributed by atoms with van der Waals surface area (Å²) in [5.74, 6) is -0.0648. The topological polar surface area (TPSA) is 72.7 Å². The SMILES string of the molecule is CC(O)CC(CO)CNO. The van der Waals surface area contributed by atoms with Crippen LogP contribution in [0.2, 0.25) is 0 Å². The van der Waals surface area contributed by atoms with E-state index >= 15 is 0 Å². The van der Waals surface area contributed by atoms with E-state index in [0.717, 1.165) is 0 Å². The van der Waals surface area contributed by atoms with E-state index in [-0.39, 0.29) is 12.5 Å². The molecule has 2 atom stereocenters. The van der Waals surface area contributed by atoms with Gasteiger partial charge in [0, 0.05) is 13.2 Å². The maximum Gasteiger partial charge on any atom is 0.0516 e. The van der Waals surface area contributed by atoms with Crippen LogP contribution in [-0.4, -0.2) is 34.7 Å².